The second kappa shape index (κ2) is 6.87. The van der Waals surface area contributed by atoms with Crippen LogP contribution in [0.4, 0.5) is 10.5 Å². The minimum absolute atomic E-state index is 0.198. The average molecular weight is 352 g/mol. The van der Waals surface area contributed by atoms with Crippen molar-refractivity contribution in [2.45, 2.75) is 6.92 Å². The van der Waals surface area contributed by atoms with E-state index in [-0.39, 0.29) is 19.0 Å². The lowest BCUT2D eigenvalue weighted by atomic mass is 10.0. The van der Waals surface area contributed by atoms with Crippen LogP contribution in [0.5, 0.6) is 0 Å². The molecule has 0 saturated heterocycles. The minimum atomic E-state index is -1.04. The normalized spacial score (nSPS) is 10.8. The van der Waals surface area contributed by atoms with E-state index >= 15 is 0 Å². The van der Waals surface area contributed by atoms with Gasteiger partial charge in [0.1, 0.15) is 0 Å². The van der Waals surface area contributed by atoms with Crippen molar-refractivity contribution in [2.24, 2.45) is 0 Å². The van der Waals surface area contributed by atoms with Crippen molar-refractivity contribution in [3.63, 3.8) is 0 Å². The molecule has 0 aliphatic rings. The largest absolute Gasteiger partial charge is 0.465 e. The fourth-order valence-electron chi connectivity index (χ4n) is 2.87. The number of aryl methyl sites for hydroxylation is 1. The van der Waals surface area contributed by atoms with Gasteiger partial charge in [-0.3, -0.25) is 4.79 Å². The number of nitrogens with zero attached hydrogens (tertiary/aromatic N) is 2. The number of carboxylic acid groups (broad SMARTS) is 1. The van der Waals surface area contributed by atoms with E-state index in [1.54, 1.807) is 12.1 Å². The van der Waals surface area contributed by atoms with E-state index in [0.717, 1.165) is 26.8 Å². The van der Waals surface area contributed by atoms with E-state index < -0.39 is 6.09 Å². The summed E-state index contributed by atoms with van der Waals surface area (Å²) in [6.45, 7) is 2.36. The first-order valence-corrected chi connectivity index (χ1v) is 8.20. The van der Waals surface area contributed by atoms with Gasteiger partial charge in [0.05, 0.1) is 22.3 Å². The number of pyridine rings is 1. The Kier molecular flexibility index (Phi) is 4.62. The van der Waals surface area contributed by atoms with Crippen molar-refractivity contribution in [1.82, 2.24) is 15.2 Å². The maximum atomic E-state index is 12.6. The molecule has 3 aromatic rings. The van der Waals surface area contributed by atoms with Crippen LogP contribution in [-0.2, 0) is 0 Å². The van der Waals surface area contributed by atoms with Crippen molar-refractivity contribution in [2.75, 3.05) is 25.9 Å². The third-order valence-electron chi connectivity index (χ3n) is 4.38. The Hall–Kier alpha value is -3.35. The van der Waals surface area contributed by atoms with E-state index in [4.69, 9.17) is 10.8 Å². The van der Waals surface area contributed by atoms with Gasteiger partial charge in [0, 0.05) is 30.9 Å². The van der Waals surface area contributed by atoms with Crippen LogP contribution in [0.2, 0.25) is 0 Å². The molecule has 2 amide bonds. The number of para-hydroxylation sites is 2. The van der Waals surface area contributed by atoms with Crippen LogP contribution in [0.25, 0.3) is 21.8 Å². The summed E-state index contributed by atoms with van der Waals surface area (Å²) in [6, 6.07) is 11.1. The van der Waals surface area contributed by atoms with Gasteiger partial charge < -0.3 is 21.1 Å². The molecule has 0 fully saturated rings. The number of likely N-dealkylation sites (N-methyl/N-ethyl adjacent to an activating group) is 1. The number of aromatic nitrogens is 1. The third-order valence-corrected chi connectivity index (χ3v) is 4.38. The zero-order valence-electron chi connectivity index (χ0n) is 14.6. The fourth-order valence-corrected chi connectivity index (χ4v) is 2.87. The second-order valence-corrected chi connectivity index (χ2v) is 6.16. The molecule has 0 aliphatic heterocycles. The summed E-state index contributed by atoms with van der Waals surface area (Å²) in [7, 11) is 1.45. The summed E-state index contributed by atoms with van der Waals surface area (Å²) < 4.78 is 0. The molecule has 0 spiro atoms. The molecule has 7 heteroatoms. The molecule has 0 saturated carbocycles. The zero-order valence-corrected chi connectivity index (χ0v) is 14.6. The highest BCUT2D eigenvalue weighted by Crippen LogP contribution is 2.31. The topological polar surface area (TPSA) is 109 Å². The van der Waals surface area contributed by atoms with Crippen LogP contribution in [0, 0.1) is 6.92 Å². The van der Waals surface area contributed by atoms with Crippen LogP contribution in [0.15, 0.2) is 36.4 Å². The molecule has 4 N–H and O–H groups in total. The van der Waals surface area contributed by atoms with Gasteiger partial charge in [0.15, 0.2) is 0 Å². The first kappa shape index (κ1) is 17.5. The maximum Gasteiger partial charge on any atom is 0.407 e. The van der Waals surface area contributed by atoms with Crippen LogP contribution < -0.4 is 11.1 Å². The standard InChI is InChI=1S/C19H20N4O3/c1-11-5-3-6-12-15(20)13-7-4-8-14(17(13)22-16(11)12)18(24)21-9-10-23(2)19(25)26/h3-8H,9-10H2,1-2H3,(H2,20,22)(H,21,24)(H,25,26). The van der Waals surface area contributed by atoms with Gasteiger partial charge >= 0.3 is 6.09 Å². The van der Waals surface area contributed by atoms with Crippen LogP contribution in [-0.4, -0.2) is 47.1 Å². The van der Waals surface area contributed by atoms with Gasteiger partial charge in [0.2, 0.25) is 0 Å². The van der Waals surface area contributed by atoms with Crippen molar-refractivity contribution in [1.29, 1.82) is 0 Å². The summed E-state index contributed by atoms with van der Waals surface area (Å²) in [6.07, 6.45) is -1.04. The second-order valence-electron chi connectivity index (χ2n) is 6.16. The number of nitrogen functional groups attached to an aromatic ring is 1. The Morgan fingerprint density at radius 1 is 1.15 bits per heavy atom. The molecule has 0 bridgehead atoms. The number of hydrogen-bond acceptors (Lipinski definition) is 4. The summed E-state index contributed by atoms with van der Waals surface area (Å²) in [4.78, 5) is 29.2. The van der Waals surface area contributed by atoms with Crippen LogP contribution >= 0.6 is 0 Å². The van der Waals surface area contributed by atoms with Gasteiger partial charge in [-0.2, -0.15) is 0 Å². The molecule has 2 aromatic carbocycles. The predicted octanol–water partition coefficient (Wildman–Crippen LogP) is 2.62. The number of nitrogens with two attached hydrogens (primary N) is 1. The van der Waals surface area contributed by atoms with Crippen molar-refractivity contribution < 1.29 is 14.7 Å². The Balaban J connectivity index is 1.99. The Labute approximate surface area is 150 Å². The van der Waals surface area contributed by atoms with Crippen molar-refractivity contribution in [3.05, 3.63) is 47.5 Å². The smallest absolute Gasteiger partial charge is 0.407 e. The quantitative estimate of drug-likeness (QED) is 0.626. The van der Waals surface area contributed by atoms with E-state index in [9.17, 15) is 9.59 Å². The van der Waals surface area contributed by atoms with E-state index in [1.807, 2.05) is 31.2 Å². The summed E-state index contributed by atoms with van der Waals surface area (Å²) >= 11 is 0. The van der Waals surface area contributed by atoms with Crippen molar-refractivity contribution in [3.8, 4) is 0 Å². The molecule has 0 unspecified atom stereocenters. The lowest BCUT2D eigenvalue weighted by molar-refractivity contribution is 0.0948. The molecule has 1 aromatic heterocycles. The average Bonchev–Trinajstić information content (AvgIpc) is 2.62. The van der Waals surface area contributed by atoms with Crippen LogP contribution in [0.1, 0.15) is 15.9 Å². The molecule has 0 radical (unpaired) electrons. The molecule has 26 heavy (non-hydrogen) atoms. The number of nitrogens with one attached hydrogen (secondary N) is 1. The summed E-state index contributed by atoms with van der Waals surface area (Å²) in [5.41, 5.74) is 9.61. The van der Waals surface area contributed by atoms with Gasteiger partial charge in [-0.05, 0) is 18.6 Å². The SMILES string of the molecule is Cc1cccc2c(N)c3cccc(C(=O)NCCN(C)C(=O)O)c3nc12. The molecule has 7 nitrogen and oxygen atoms in total. The maximum absolute atomic E-state index is 12.6. The number of carbonyl (C=O) groups is 2. The molecular weight excluding hydrogens is 332 g/mol. The number of benzene rings is 2. The van der Waals surface area contributed by atoms with Gasteiger partial charge in [-0.25, -0.2) is 9.78 Å². The number of carbonyl (C=O) groups excluding carboxylic acids is 1. The minimum Gasteiger partial charge on any atom is -0.465 e. The number of fused-ring (bicyclic) bond motifs is 2. The summed E-state index contributed by atoms with van der Waals surface area (Å²) in [5.74, 6) is -0.311. The Bertz CT molecular complexity index is 1020. The molecule has 3 rings (SSSR count). The molecule has 0 aliphatic carbocycles. The highest BCUT2D eigenvalue weighted by Gasteiger charge is 2.15. The van der Waals surface area contributed by atoms with E-state index in [1.165, 1.54) is 7.05 Å². The van der Waals surface area contributed by atoms with Crippen molar-refractivity contribution >= 4 is 39.5 Å². The highest BCUT2D eigenvalue weighted by molar-refractivity contribution is 6.13. The Morgan fingerprint density at radius 2 is 1.81 bits per heavy atom. The lowest BCUT2D eigenvalue weighted by Crippen LogP contribution is -2.35. The summed E-state index contributed by atoms with van der Waals surface area (Å²) in [5, 5.41) is 13.2. The zero-order chi connectivity index (χ0) is 18.8. The van der Waals surface area contributed by atoms with E-state index in [2.05, 4.69) is 10.3 Å². The van der Waals surface area contributed by atoms with Crippen LogP contribution in [0.3, 0.4) is 0 Å². The molecular formula is C19H20N4O3. The van der Waals surface area contributed by atoms with Gasteiger partial charge in [-0.1, -0.05) is 30.3 Å². The number of rotatable bonds is 4. The molecule has 1 heterocycles. The first-order valence-electron chi connectivity index (χ1n) is 8.20. The van der Waals surface area contributed by atoms with E-state index in [0.29, 0.717) is 16.8 Å². The van der Waals surface area contributed by atoms with Gasteiger partial charge in [0.25, 0.3) is 5.91 Å². The monoisotopic (exact) mass is 352 g/mol. The fraction of sp³-hybridized carbons (Fsp3) is 0.211. The molecule has 134 valence electrons. The first-order chi connectivity index (χ1) is 12.4. The predicted molar refractivity (Wildman–Crippen MR) is 101 cm³/mol. The molecule has 0 atom stereocenters. The van der Waals surface area contributed by atoms with Gasteiger partial charge in [-0.15, -0.1) is 0 Å². The lowest BCUT2D eigenvalue weighted by Gasteiger charge is -2.14. The third kappa shape index (κ3) is 3.11. The number of hydrogen-bond donors (Lipinski definition) is 3. The Morgan fingerprint density at radius 3 is 2.50 bits per heavy atom. The number of amides is 2. The number of anilines is 1. The highest BCUT2D eigenvalue weighted by atomic mass is 16.4.